The van der Waals surface area contributed by atoms with Gasteiger partial charge in [0.15, 0.2) is 0 Å². The number of rotatable bonds is 5. The number of fused-ring (bicyclic) bond motifs is 1. The first-order valence-electron chi connectivity index (χ1n) is 7.47. The summed E-state index contributed by atoms with van der Waals surface area (Å²) in [5.41, 5.74) is 3.64. The summed E-state index contributed by atoms with van der Waals surface area (Å²) in [7, 11) is 1.70. The van der Waals surface area contributed by atoms with Gasteiger partial charge in [-0.3, -0.25) is 0 Å². The Morgan fingerprint density at radius 2 is 2.10 bits per heavy atom. The highest BCUT2D eigenvalue weighted by Gasteiger charge is 2.16. The van der Waals surface area contributed by atoms with E-state index in [2.05, 4.69) is 36.5 Å². The molecular formula is C18H21NO2. The average Bonchev–Trinajstić information content (AvgIpc) is 3.00. The highest BCUT2D eigenvalue weighted by Crippen LogP contribution is 2.32. The van der Waals surface area contributed by atoms with E-state index in [9.17, 15) is 0 Å². The Bertz CT molecular complexity index is 624. The van der Waals surface area contributed by atoms with Gasteiger partial charge in [-0.25, -0.2) is 0 Å². The predicted molar refractivity (Wildman–Crippen MR) is 85.3 cm³/mol. The van der Waals surface area contributed by atoms with Gasteiger partial charge in [0.1, 0.15) is 11.5 Å². The van der Waals surface area contributed by atoms with E-state index >= 15 is 0 Å². The van der Waals surface area contributed by atoms with Crippen molar-refractivity contribution in [1.82, 2.24) is 0 Å². The van der Waals surface area contributed by atoms with E-state index in [1.165, 1.54) is 11.1 Å². The van der Waals surface area contributed by atoms with Crippen molar-refractivity contribution in [2.24, 2.45) is 0 Å². The lowest BCUT2D eigenvalue weighted by Crippen LogP contribution is -2.10. The second-order valence-corrected chi connectivity index (χ2v) is 5.27. The molecule has 3 nitrogen and oxygen atoms in total. The summed E-state index contributed by atoms with van der Waals surface area (Å²) >= 11 is 0. The van der Waals surface area contributed by atoms with Crippen LogP contribution in [0.15, 0.2) is 42.5 Å². The van der Waals surface area contributed by atoms with E-state index < -0.39 is 0 Å². The summed E-state index contributed by atoms with van der Waals surface area (Å²) in [4.78, 5) is 0. The summed E-state index contributed by atoms with van der Waals surface area (Å²) < 4.78 is 11.0. The average molecular weight is 283 g/mol. The molecule has 2 aromatic carbocycles. The second-order valence-electron chi connectivity index (χ2n) is 5.27. The van der Waals surface area contributed by atoms with Crippen molar-refractivity contribution >= 4 is 5.69 Å². The molecule has 110 valence electrons. The van der Waals surface area contributed by atoms with Crippen LogP contribution in [0.3, 0.4) is 0 Å². The second kappa shape index (κ2) is 6.08. The first-order valence-corrected chi connectivity index (χ1v) is 7.47. The normalized spacial score (nSPS) is 14.2. The Morgan fingerprint density at radius 3 is 2.90 bits per heavy atom. The zero-order valence-electron chi connectivity index (χ0n) is 12.6. The summed E-state index contributed by atoms with van der Waals surface area (Å²) in [6.45, 7) is 2.99. The molecule has 1 aliphatic rings. The lowest BCUT2D eigenvalue weighted by Gasteiger charge is -2.21. The minimum Gasteiger partial charge on any atom is -0.495 e. The molecule has 0 bridgehead atoms. The Hall–Kier alpha value is -2.16. The molecule has 0 fully saturated rings. The summed E-state index contributed by atoms with van der Waals surface area (Å²) in [5, 5.41) is 3.59. The number of hydrogen-bond acceptors (Lipinski definition) is 3. The van der Waals surface area contributed by atoms with Crippen molar-refractivity contribution in [3.8, 4) is 11.5 Å². The van der Waals surface area contributed by atoms with Crippen LogP contribution >= 0.6 is 0 Å². The summed E-state index contributed by atoms with van der Waals surface area (Å²) in [6.07, 6.45) is 2.02. The van der Waals surface area contributed by atoms with Crippen molar-refractivity contribution in [3.05, 3.63) is 53.6 Å². The number of anilines is 1. The van der Waals surface area contributed by atoms with Crippen LogP contribution < -0.4 is 14.8 Å². The lowest BCUT2D eigenvalue weighted by molar-refractivity contribution is 0.357. The Morgan fingerprint density at radius 1 is 1.24 bits per heavy atom. The number of methoxy groups -OCH3 is 1. The van der Waals surface area contributed by atoms with E-state index in [4.69, 9.17) is 9.47 Å². The van der Waals surface area contributed by atoms with E-state index in [0.29, 0.717) is 0 Å². The van der Waals surface area contributed by atoms with E-state index in [1.54, 1.807) is 7.11 Å². The zero-order chi connectivity index (χ0) is 14.7. The van der Waals surface area contributed by atoms with Crippen molar-refractivity contribution in [3.63, 3.8) is 0 Å². The number of benzene rings is 2. The van der Waals surface area contributed by atoms with Crippen LogP contribution in [0, 0.1) is 0 Å². The fourth-order valence-corrected chi connectivity index (χ4v) is 2.80. The molecule has 0 spiro atoms. The van der Waals surface area contributed by atoms with Gasteiger partial charge in [-0.05, 0) is 41.8 Å². The maximum absolute atomic E-state index is 5.58. The minimum atomic E-state index is 0.271. The molecule has 0 amide bonds. The van der Waals surface area contributed by atoms with E-state index in [0.717, 1.165) is 36.6 Å². The fraction of sp³-hybridized carbons (Fsp3) is 0.333. The van der Waals surface area contributed by atoms with E-state index in [-0.39, 0.29) is 6.04 Å². The molecule has 21 heavy (non-hydrogen) atoms. The highest BCUT2D eigenvalue weighted by molar-refractivity contribution is 5.57. The van der Waals surface area contributed by atoms with Crippen molar-refractivity contribution < 1.29 is 9.47 Å². The third-order valence-corrected chi connectivity index (χ3v) is 3.96. The van der Waals surface area contributed by atoms with Crippen molar-refractivity contribution in [1.29, 1.82) is 0 Å². The molecule has 3 heteroatoms. The summed E-state index contributed by atoms with van der Waals surface area (Å²) in [5.74, 6) is 1.91. The van der Waals surface area contributed by atoms with Crippen LogP contribution in [0.2, 0.25) is 0 Å². The van der Waals surface area contributed by atoms with Crippen LogP contribution in [-0.2, 0) is 6.42 Å². The molecule has 1 unspecified atom stereocenters. The van der Waals surface area contributed by atoms with Gasteiger partial charge in [0.25, 0.3) is 0 Å². The molecule has 1 aliphatic heterocycles. The van der Waals surface area contributed by atoms with Gasteiger partial charge in [0.2, 0.25) is 0 Å². The van der Waals surface area contributed by atoms with Crippen LogP contribution in [0.25, 0.3) is 0 Å². The number of ether oxygens (including phenoxy) is 2. The smallest absolute Gasteiger partial charge is 0.141 e. The largest absolute Gasteiger partial charge is 0.495 e. The standard InChI is InChI=1S/C18H21NO2/c1-3-15(19-16-6-4-5-7-18(16)20-2)13-8-9-17-14(12-13)10-11-21-17/h4-9,12,15,19H,3,10-11H2,1-2H3. The van der Waals surface area contributed by atoms with Gasteiger partial charge in [0.05, 0.1) is 25.4 Å². The molecule has 3 rings (SSSR count). The Kier molecular flexibility index (Phi) is 4.00. The highest BCUT2D eigenvalue weighted by atomic mass is 16.5. The van der Waals surface area contributed by atoms with Crippen LogP contribution in [0.5, 0.6) is 11.5 Å². The molecule has 2 aromatic rings. The molecule has 0 radical (unpaired) electrons. The Balaban J connectivity index is 1.85. The van der Waals surface area contributed by atoms with Gasteiger partial charge in [-0.1, -0.05) is 25.1 Å². The molecular weight excluding hydrogens is 262 g/mol. The quantitative estimate of drug-likeness (QED) is 0.892. The van der Waals surface area contributed by atoms with Gasteiger partial charge >= 0.3 is 0 Å². The Labute approximate surface area is 125 Å². The monoisotopic (exact) mass is 283 g/mol. The van der Waals surface area contributed by atoms with Crippen molar-refractivity contribution in [2.75, 3.05) is 19.0 Å². The third kappa shape index (κ3) is 2.82. The lowest BCUT2D eigenvalue weighted by atomic mass is 10.0. The molecule has 0 saturated heterocycles. The van der Waals surface area contributed by atoms with Gasteiger partial charge in [-0.2, -0.15) is 0 Å². The first kappa shape index (κ1) is 13.8. The minimum absolute atomic E-state index is 0.271. The topological polar surface area (TPSA) is 30.5 Å². The van der Waals surface area contributed by atoms with Crippen LogP contribution in [0.4, 0.5) is 5.69 Å². The fourth-order valence-electron chi connectivity index (χ4n) is 2.80. The SMILES string of the molecule is CCC(Nc1ccccc1OC)c1ccc2c(c1)CCO2. The summed E-state index contributed by atoms with van der Waals surface area (Å²) in [6, 6.07) is 14.8. The first-order chi connectivity index (χ1) is 10.3. The predicted octanol–water partition coefficient (Wildman–Crippen LogP) is 4.19. The maximum atomic E-state index is 5.58. The zero-order valence-corrected chi connectivity index (χ0v) is 12.6. The van der Waals surface area contributed by atoms with Gasteiger partial charge in [0, 0.05) is 6.42 Å². The van der Waals surface area contributed by atoms with Crippen molar-refractivity contribution in [2.45, 2.75) is 25.8 Å². The van der Waals surface area contributed by atoms with E-state index in [1.807, 2.05) is 18.2 Å². The molecule has 1 atom stereocenters. The third-order valence-electron chi connectivity index (χ3n) is 3.96. The molecule has 0 aromatic heterocycles. The number of hydrogen-bond donors (Lipinski definition) is 1. The van der Waals surface area contributed by atoms with Gasteiger partial charge < -0.3 is 14.8 Å². The molecule has 0 saturated carbocycles. The number of nitrogens with one attached hydrogen (secondary N) is 1. The van der Waals surface area contributed by atoms with Gasteiger partial charge in [-0.15, -0.1) is 0 Å². The molecule has 1 N–H and O–H groups in total. The van der Waals surface area contributed by atoms with Crippen LogP contribution in [-0.4, -0.2) is 13.7 Å². The van der Waals surface area contributed by atoms with Crippen LogP contribution in [0.1, 0.15) is 30.5 Å². The molecule has 0 aliphatic carbocycles. The number of para-hydroxylation sites is 2. The molecule has 1 heterocycles. The maximum Gasteiger partial charge on any atom is 0.141 e.